The predicted octanol–water partition coefficient (Wildman–Crippen LogP) is 2.78. The lowest BCUT2D eigenvalue weighted by Gasteiger charge is -2.05. The van der Waals surface area contributed by atoms with E-state index in [-0.39, 0.29) is 5.02 Å². The molecule has 0 saturated heterocycles. The lowest BCUT2D eigenvalue weighted by molar-refractivity contribution is -0.385. The van der Waals surface area contributed by atoms with Crippen LogP contribution in [-0.2, 0) is 0 Å². The number of hydrogen-bond donors (Lipinski definition) is 1. The molecule has 0 aromatic heterocycles. The standard InChI is InChI=1S/C10H11ClN2O3/c1-3-12-6(2)8-4-7(11)5-9(10(8)14)13(15)16/h4-5,14H,3H2,1-2H3. The molecule has 0 unspecified atom stereocenters. The van der Waals surface area contributed by atoms with Crippen molar-refractivity contribution >= 4 is 23.0 Å². The first-order valence-electron chi connectivity index (χ1n) is 4.65. The van der Waals surface area contributed by atoms with Gasteiger partial charge in [-0.15, -0.1) is 0 Å². The summed E-state index contributed by atoms with van der Waals surface area (Å²) in [5.74, 6) is -0.399. The third-order valence-corrected chi connectivity index (χ3v) is 2.25. The molecule has 0 heterocycles. The van der Waals surface area contributed by atoms with Crippen molar-refractivity contribution in [2.75, 3.05) is 6.54 Å². The number of aliphatic imine (C=N–C) groups is 1. The Morgan fingerprint density at radius 3 is 2.75 bits per heavy atom. The number of aromatic hydroxyl groups is 1. The van der Waals surface area contributed by atoms with Gasteiger partial charge in [-0.2, -0.15) is 0 Å². The second-order valence-electron chi connectivity index (χ2n) is 3.14. The van der Waals surface area contributed by atoms with Crippen LogP contribution in [0.25, 0.3) is 0 Å². The van der Waals surface area contributed by atoms with E-state index < -0.39 is 16.4 Å². The van der Waals surface area contributed by atoms with E-state index in [0.29, 0.717) is 17.8 Å². The van der Waals surface area contributed by atoms with Crippen LogP contribution in [0.15, 0.2) is 17.1 Å². The van der Waals surface area contributed by atoms with Gasteiger partial charge in [-0.3, -0.25) is 15.1 Å². The van der Waals surface area contributed by atoms with Crippen LogP contribution in [0.3, 0.4) is 0 Å². The second-order valence-corrected chi connectivity index (χ2v) is 3.57. The Morgan fingerprint density at radius 2 is 2.25 bits per heavy atom. The van der Waals surface area contributed by atoms with E-state index in [2.05, 4.69) is 4.99 Å². The molecule has 0 aliphatic carbocycles. The fourth-order valence-corrected chi connectivity index (χ4v) is 1.53. The zero-order chi connectivity index (χ0) is 12.3. The van der Waals surface area contributed by atoms with Crippen LogP contribution in [0.1, 0.15) is 19.4 Å². The molecule has 1 aromatic rings. The van der Waals surface area contributed by atoms with Gasteiger partial charge in [-0.05, 0) is 19.9 Å². The van der Waals surface area contributed by atoms with Gasteiger partial charge < -0.3 is 5.11 Å². The fraction of sp³-hybridized carbons (Fsp3) is 0.300. The van der Waals surface area contributed by atoms with Gasteiger partial charge in [0.2, 0.25) is 5.75 Å². The van der Waals surface area contributed by atoms with Crippen molar-refractivity contribution in [3.63, 3.8) is 0 Å². The number of halogens is 1. The number of rotatable bonds is 3. The van der Waals surface area contributed by atoms with Gasteiger partial charge in [-0.1, -0.05) is 11.6 Å². The van der Waals surface area contributed by atoms with Gasteiger partial charge in [0.25, 0.3) is 0 Å². The topological polar surface area (TPSA) is 75.7 Å². The molecule has 16 heavy (non-hydrogen) atoms. The van der Waals surface area contributed by atoms with Crippen molar-refractivity contribution in [2.45, 2.75) is 13.8 Å². The molecule has 0 radical (unpaired) electrons. The van der Waals surface area contributed by atoms with Crippen LogP contribution in [0.5, 0.6) is 5.75 Å². The summed E-state index contributed by atoms with van der Waals surface area (Å²) in [6, 6.07) is 2.57. The normalized spacial score (nSPS) is 11.6. The van der Waals surface area contributed by atoms with Crippen LogP contribution in [0, 0.1) is 10.1 Å². The van der Waals surface area contributed by atoms with Crippen LogP contribution in [-0.4, -0.2) is 22.3 Å². The number of nitro benzene ring substituents is 1. The number of nitrogens with zero attached hydrogens (tertiary/aromatic N) is 2. The lowest BCUT2D eigenvalue weighted by atomic mass is 10.1. The summed E-state index contributed by atoms with van der Waals surface area (Å²) in [5.41, 5.74) is 0.403. The van der Waals surface area contributed by atoms with Crippen LogP contribution in [0.4, 0.5) is 5.69 Å². The Balaban J connectivity index is 3.41. The molecule has 0 aliphatic heterocycles. The third kappa shape index (κ3) is 2.49. The second kappa shape index (κ2) is 4.94. The molecule has 0 spiro atoms. The Hall–Kier alpha value is -1.62. The number of benzene rings is 1. The summed E-state index contributed by atoms with van der Waals surface area (Å²) in [4.78, 5) is 14.0. The highest BCUT2D eigenvalue weighted by Crippen LogP contribution is 2.33. The average Bonchev–Trinajstić information content (AvgIpc) is 2.20. The molecular formula is C10H11ClN2O3. The molecule has 0 atom stereocenters. The number of phenols is 1. The summed E-state index contributed by atoms with van der Waals surface area (Å²) in [6.45, 7) is 4.03. The molecule has 0 bridgehead atoms. The van der Waals surface area contributed by atoms with E-state index in [0.717, 1.165) is 6.07 Å². The van der Waals surface area contributed by atoms with Gasteiger partial charge in [0, 0.05) is 28.9 Å². The first-order chi connectivity index (χ1) is 7.47. The number of hydrogen-bond acceptors (Lipinski definition) is 4. The quantitative estimate of drug-likeness (QED) is 0.503. The molecule has 1 rings (SSSR count). The van der Waals surface area contributed by atoms with Gasteiger partial charge in [0.1, 0.15) is 0 Å². The highest BCUT2D eigenvalue weighted by Gasteiger charge is 2.19. The zero-order valence-corrected chi connectivity index (χ0v) is 9.65. The van der Waals surface area contributed by atoms with E-state index in [1.54, 1.807) is 6.92 Å². The van der Waals surface area contributed by atoms with Crippen molar-refractivity contribution in [3.8, 4) is 5.75 Å². The molecule has 0 amide bonds. The first kappa shape index (κ1) is 12.4. The first-order valence-corrected chi connectivity index (χ1v) is 5.03. The van der Waals surface area contributed by atoms with Gasteiger partial charge in [0.05, 0.1) is 4.92 Å². The van der Waals surface area contributed by atoms with Crippen molar-refractivity contribution in [1.82, 2.24) is 0 Å². The number of phenolic OH excluding ortho intramolecular Hbond substituents is 1. The molecule has 1 N–H and O–H groups in total. The molecule has 0 saturated carbocycles. The Bertz CT molecular complexity index is 458. The minimum Gasteiger partial charge on any atom is -0.502 e. The number of nitro groups is 1. The molecular weight excluding hydrogens is 232 g/mol. The van der Waals surface area contributed by atoms with E-state index in [1.807, 2.05) is 6.92 Å². The molecule has 1 aromatic carbocycles. The van der Waals surface area contributed by atoms with Crippen LogP contribution >= 0.6 is 11.6 Å². The fourth-order valence-electron chi connectivity index (χ4n) is 1.32. The summed E-state index contributed by atoms with van der Waals surface area (Å²) in [5, 5.41) is 20.6. The minimum atomic E-state index is -0.677. The maximum Gasteiger partial charge on any atom is 0.312 e. The summed E-state index contributed by atoms with van der Waals surface area (Å²) < 4.78 is 0. The maximum absolute atomic E-state index is 10.7. The van der Waals surface area contributed by atoms with Gasteiger partial charge >= 0.3 is 5.69 Å². The van der Waals surface area contributed by atoms with E-state index in [9.17, 15) is 15.2 Å². The van der Waals surface area contributed by atoms with Crippen molar-refractivity contribution in [2.24, 2.45) is 4.99 Å². The third-order valence-electron chi connectivity index (χ3n) is 2.04. The summed E-state index contributed by atoms with van der Waals surface area (Å²) in [6.07, 6.45) is 0. The smallest absolute Gasteiger partial charge is 0.312 e. The summed E-state index contributed by atoms with van der Waals surface area (Å²) in [7, 11) is 0. The van der Waals surface area contributed by atoms with Gasteiger partial charge in [-0.25, -0.2) is 0 Å². The Labute approximate surface area is 97.5 Å². The highest BCUT2D eigenvalue weighted by molar-refractivity contribution is 6.31. The van der Waals surface area contributed by atoms with E-state index in [4.69, 9.17) is 11.6 Å². The molecule has 86 valence electrons. The molecule has 0 fully saturated rings. The minimum absolute atomic E-state index is 0.199. The predicted molar refractivity (Wildman–Crippen MR) is 62.5 cm³/mol. The maximum atomic E-state index is 10.7. The van der Waals surface area contributed by atoms with E-state index >= 15 is 0 Å². The van der Waals surface area contributed by atoms with Crippen molar-refractivity contribution in [1.29, 1.82) is 0 Å². The summed E-state index contributed by atoms with van der Waals surface area (Å²) >= 11 is 5.74. The van der Waals surface area contributed by atoms with Crippen molar-refractivity contribution in [3.05, 3.63) is 32.8 Å². The highest BCUT2D eigenvalue weighted by atomic mass is 35.5. The Morgan fingerprint density at radius 1 is 1.62 bits per heavy atom. The van der Waals surface area contributed by atoms with Crippen molar-refractivity contribution < 1.29 is 10.0 Å². The zero-order valence-electron chi connectivity index (χ0n) is 8.90. The van der Waals surface area contributed by atoms with Crippen LogP contribution < -0.4 is 0 Å². The van der Waals surface area contributed by atoms with E-state index in [1.165, 1.54) is 6.07 Å². The lowest BCUT2D eigenvalue weighted by Crippen LogP contribution is -1.99. The molecule has 0 aliphatic rings. The monoisotopic (exact) mass is 242 g/mol. The SMILES string of the molecule is CCN=C(C)c1cc(Cl)cc([N+](=O)[O-])c1O. The molecule has 5 nitrogen and oxygen atoms in total. The Kier molecular flexibility index (Phi) is 3.84. The van der Waals surface area contributed by atoms with Gasteiger partial charge in [0.15, 0.2) is 0 Å². The largest absolute Gasteiger partial charge is 0.502 e. The molecule has 6 heteroatoms. The average molecular weight is 243 g/mol. The van der Waals surface area contributed by atoms with Crippen LogP contribution in [0.2, 0.25) is 5.02 Å².